The van der Waals surface area contributed by atoms with E-state index in [4.69, 9.17) is 5.11 Å². The van der Waals surface area contributed by atoms with E-state index >= 15 is 0 Å². The minimum Gasteiger partial charge on any atom is -0.481 e. The Morgan fingerprint density at radius 2 is 1.55 bits per heavy atom. The van der Waals surface area contributed by atoms with Gasteiger partial charge in [0, 0.05) is 6.42 Å². The van der Waals surface area contributed by atoms with E-state index in [0.29, 0.717) is 12.3 Å². The Hall–Kier alpha value is -1.96. The van der Waals surface area contributed by atoms with Crippen LogP contribution in [0, 0.1) is 11.3 Å². The molecule has 0 aromatic rings. The van der Waals surface area contributed by atoms with Crippen molar-refractivity contribution in [1.29, 1.82) is 0 Å². The number of Topliss-reactive ketones (excluding diaryl/α,β-unsaturated/α-hetero) is 1. The molecule has 0 radical (unpaired) electrons. The van der Waals surface area contributed by atoms with Crippen LogP contribution >= 0.6 is 0 Å². The third-order valence-corrected chi connectivity index (χ3v) is 4.42. The zero-order valence-corrected chi connectivity index (χ0v) is 18.8. The normalized spacial score (nSPS) is 11.9. The highest BCUT2D eigenvalue weighted by atomic mass is 16.4. The van der Waals surface area contributed by atoms with Gasteiger partial charge in [-0.1, -0.05) is 53.4 Å². The van der Waals surface area contributed by atoms with Crippen LogP contribution in [0.5, 0.6) is 0 Å². The van der Waals surface area contributed by atoms with Gasteiger partial charge in [0.05, 0.1) is 13.2 Å². The van der Waals surface area contributed by atoms with Crippen LogP contribution in [0.2, 0.25) is 0 Å². The SMILES string of the molecule is CC(C)CCCCC(=O)NC(CO)C(=O)NCC(=O)C(C)(C)C(=O)O.CCCC. The minimum absolute atomic E-state index is 0.251. The summed E-state index contributed by atoms with van der Waals surface area (Å²) in [6.45, 7) is 9.94. The molecule has 0 aromatic carbocycles. The van der Waals surface area contributed by atoms with Gasteiger partial charge in [-0.2, -0.15) is 0 Å². The number of carbonyl (C=O) groups excluding carboxylic acids is 3. The molecule has 0 aromatic heterocycles. The van der Waals surface area contributed by atoms with Crippen molar-refractivity contribution in [2.75, 3.05) is 13.2 Å². The summed E-state index contributed by atoms with van der Waals surface area (Å²) in [7, 11) is 0. The molecule has 0 spiro atoms. The standard InChI is InChI=1S/C17H30N2O6.C4H10/c1-11(2)7-5-6-8-14(22)19-12(10-20)15(23)18-9-13(21)17(3,4)16(24)25;1-3-4-2/h11-12,20H,5-10H2,1-4H3,(H,18,23)(H,19,22)(H,24,25);3-4H2,1-2H3. The first kappa shape index (κ1) is 29.2. The van der Waals surface area contributed by atoms with Crippen LogP contribution in [0.15, 0.2) is 0 Å². The Balaban J connectivity index is 0. The molecule has 1 unspecified atom stereocenters. The molecule has 2 amide bonds. The molecule has 29 heavy (non-hydrogen) atoms. The van der Waals surface area contributed by atoms with Crippen LogP contribution in [0.1, 0.15) is 80.1 Å². The van der Waals surface area contributed by atoms with Gasteiger partial charge >= 0.3 is 5.97 Å². The molecule has 0 aliphatic heterocycles. The predicted octanol–water partition coefficient (Wildman–Crippen LogP) is 2.28. The van der Waals surface area contributed by atoms with E-state index < -0.39 is 42.3 Å². The Morgan fingerprint density at radius 1 is 1.00 bits per heavy atom. The number of nitrogens with one attached hydrogen (secondary N) is 2. The number of carboxylic acid groups (broad SMARTS) is 1. The van der Waals surface area contributed by atoms with Gasteiger partial charge in [-0.3, -0.25) is 19.2 Å². The summed E-state index contributed by atoms with van der Waals surface area (Å²) in [5, 5.41) is 22.9. The molecule has 0 fully saturated rings. The summed E-state index contributed by atoms with van der Waals surface area (Å²) < 4.78 is 0. The van der Waals surface area contributed by atoms with E-state index in [-0.39, 0.29) is 12.3 Å². The fourth-order valence-electron chi connectivity index (χ4n) is 1.93. The monoisotopic (exact) mass is 416 g/mol. The number of hydrogen-bond acceptors (Lipinski definition) is 5. The fraction of sp³-hybridized carbons (Fsp3) is 0.810. The summed E-state index contributed by atoms with van der Waals surface area (Å²) in [6, 6.07) is -1.17. The molecule has 8 heteroatoms. The van der Waals surface area contributed by atoms with Gasteiger partial charge in [-0.15, -0.1) is 0 Å². The van der Waals surface area contributed by atoms with Gasteiger partial charge < -0.3 is 20.8 Å². The number of aliphatic hydroxyl groups excluding tert-OH is 1. The molecule has 0 aliphatic carbocycles. The molecule has 0 bridgehead atoms. The number of hydrogen-bond donors (Lipinski definition) is 4. The van der Waals surface area contributed by atoms with Crippen LogP contribution in [0.3, 0.4) is 0 Å². The second-order valence-corrected chi connectivity index (χ2v) is 8.01. The van der Waals surface area contributed by atoms with Crippen LogP contribution in [-0.4, -0.2) is 53.0 Å². The number of rotatable bonds is 13. The zero-order valence-electron chi connectivity index (χ0n) is 18.8. The second-order valence-electron chi connectivity index (χ2n) is 8.01. The number of aliphatic carboxylic acids is 1. The quantitative estimate of drug-likeness (QED) is 0.269. The summed E-state index contributed by atoms with van der Waals surface area (Å²) in [5.41, 5.74) is -1.62. The zero-order chi connectivity index (χ0) is 23.0. The van der Waals surface area contributed by atoms with Gasteiger partial charge in [0.15, 0.2) is 5.78 Å². The maximum absolute atomic E-state index is 11.9. The number of carboxylic acids is 1. The van der Waals surface area contributed by atoms with E-state index in [0.717, 1.165) is 12.8 Å². The highest BCUT2D eigenvalue weighted by Crippen LogP contribution is 2.16. The second kappa shape index (κ2) is 15.9. The number of carbonyl (C=O) groups is 4. The summed E-state index contributed by atoms with van der Waals surface area (Å²) in [5.74, 6) is -2.49. The number of ketones is 1. The lowest BCUT2D eigenvalue weighted by molar-refractivity contribution is -0.152. The number of aliphatic hydroxyl groups is 1. The Morgan fingerprint density at radius 3 is 1.97 bits per heavy atom. The molecule has 0 saturated heterocycles. The predicted molar refractivity (Wildman–Crippen MR) is 112 cm³/mol. The molecule has 0 rings (SSSR count). The van der Waals surface area contributed by atoms with Crippen molar-refractivity contribution in [2.45, 2.75) is 86.1 Å². The summed E-state index contributed by atoms with van der Waals surface area (Å²) >= 11 is 0. The first-order chi connectivity index (χ1) is 13.4. The molecule has 4 N–H and O–H groups in total. The minimum atomic E-state index is -1.62. The van der Waals surface area contributed by atoms with Gasteiger partial charge in [-0.25, -0.2) is 0 Å². The van der Waals surface area contributed by atoms with Crippen molar-refractivity contribution >= 4 is 23.6 Å². The molecular weight excluding hydrogens is 376 g/mol. The smallest absolute Gasteiger partial charge is 0.316 e. The molecular formula is C21H40N2O6. The first-order valence-corrected chi connectivity index (χ1v) is 10.4. The van der Waals surface area contributed by atoms with Gasteiger partial charge in [0.25, 0.3) is 0 Å². The van der Waals surface area contributed by atoms with E-state index in [1.165, 1.54) is 26.7 Å². The molecule has 170 valence electrons. The summed E-state index contributed by atoms with van der Waals surface area (Å²) in [4.78, 5) is 46.6. The lowest BCUT2D eigenvalue weighted by Gasteiger charge is -2.20. The lowest BCUT2D eigenvalue weighted by Crippen LogP contribution is -2.51. The van der Waals surface area contributed by atoms with E-state index in [1.807, 2.05) is 0 Å². The van der Waals surface area contributed by atoms with Crippen molar-refractivity contribution < 1.29 is 29.4 Å². The van der Waals surface area contributed by atoms with Crippen molar-refractivity contribution in [3.8, 4) is 0 Å². The highest BCUT2D eigenvalue weighted by molar-refractivity contribution is 6.04. The third-order valence-electron chi connectivity index (χ3n) is 4.42. The van der Waals surface area contributed by atoms with Gasteiger partial charge in [-0.05, 0) is 26.2 Å². The van der Waals surface area contributed by atoms with E-state index in [2.05, 4.69) is 38.3 Å². The molecule has 0 heterocycles. The number of amides is 2. The molecule has 1 atom stereocenters. The van der Waals surface area contributed by atoms with E-state index in [9.17, 15) is 24.3 Å². The van der Waals surface area contributed by atoms with Crippen LogP contribution < -0.4 is 10.6 Å². The molecule has 0 aliphatic rings. The molecule has 0 saturated carbocycles. The Bertz CT molecular complexity index is 515. The summed E-state index contributed by atoms with van der Waals surface area (Å²) in [6.07, 6.45) is 5.50. The van der Waals surface area contributed by atoms with Crippen LogP contribution in [0.25, 0.3) is 0 Å². The first-order valence-electron chi connectivity index (χ1n) is 10.4. The van der Waals surface area contributed by atoms with Crippen molar-refractivity contribution in [3.05, 3.63) is 0 Å². The van der Waals surface area contributed by atoms with Crippen LogP contribution in [0.4, 0.5) is 0 Å². The van der Waals surface area contributed by atoms with E-state index in [1.54, 1.807) is 0 Å². The highest BCUT2D eigenvalue weighted by Gasteiger charge is 2.35. The third kappa shape index (κ3) is 13.8. The average molecular weight is 417 g/mol. The Labute approximate surface area is 174 Å². The number of unbranched alkanes of at least 4 members (excludes halogenated alkanes) is 2. The van der Waals surface area contributed by atoms with Crippen molar-refractivity contribution in [3.63, 3.8) is 0 Å². The maximum atomic E-state index is 11.9. The van der Waals surface area contributed by atoms with Crippen molar-refractivity contribution in [1.82, 2.24) is 10.6 Å². The Kier molecular flexibility index (Phi) is 16.0. The van der Waals surface area contributed by atoms with Crippen molar-refractivity contribution in [2.24, 2.45) is 11.3 Å². The lowest BCUT2D eigenvalue weighted by atomic mass is 9.88. The van der Waals surface area contributed by atoms with Crippen LogP contribution in [-0.2, 0) is 19.2 Å². The van der Waals surface area contributed by atoms with Gasteiger partial charge in [0.1, 0.15) is 11.5 Å². The fourth-order valence-corrected chi connectivity index (χ4v) is 1.93. The topological polar surface area (TPSA) is 133 Å². The molecule has 8 nitrogen and oxygen atoms in total. The largest absolute Gasteiger partial charge is 0.481 e. The maximum Gasteiger partial charge on any atom is 0.316 e. The van der Waals surface area contributed by atoms with Gasteiger partial charge in [0.2, 0.25) is 11.8 Å². The average Bonchev–Trinajstić information content (AvgIpc) is 2.66.